The SMILES string of the molecule is COc1ccc(CN2CCN(I)C(c3ccccc3C(C)C)C2)cc1. The topological polar surface area (TPSA) is 15.7 Å². The molecule has 1 unspecified atom stereocenters. The molecule has 0 N–H and O–H groups in total. The van der Waals surface area contributed by atoms with Gasteiger partial charge in [0.25, 0.3) is 0 Å². The van der Waals surface area contributed by atoms with Crippen LogP contribution in [-0.2, 0) is 6.54 Å². The van der Waals surface area contributed by atoms with E-state index >= 15 is 0 Å². The zero-order valence-electron chi connectivity index (χ0n) is 15.3. The highest BCUT2D eigenvalue weighted by molar-refractivity contribution is 14.1. The standard InChI is InChI=1S/C21H27IN2O/c1-16(2)19-6-4-5-7-20(19)21-15-23(12-13-24(21)22)14-17-8-10-18(25-3)11-9-17/h4-11,16,21H,12-15H2,1-3H3. The largest absolute Gasteiger partial charge is 0.497 e. The molecule has 2 aromatic rings. The van der Waals surface area contributed by atoms with E-state index in [1.807, 2.05) is 0 Å². The first kappa shape index (κ1) is 18.7. The molecular formula is C21H27IN2O. The number of hydrogen-bond acceptors (Lipinski definition) is 3. The van der Waals surface area contributed by atoms with Crippen molar-refractivity contribution in [1.29, 1.82) is 0 Å². The van der Waals surface area contributed by atoms with Gasteiger partial charge < -0.3 is 4.74 Å². The van der Waals surface area contributed by atoms with Crippen molar-refractivity contribution in [3.05, 3.63) is 65.2 Å². The van der Waals surface area contributed by atoms with Crippen molar-refractivity contribution in [2.75, 3.05) is 26.7 Å². The fraction of sp³-hybridized carbons (Fsp3) is 0.429. The van der Waals surface area contributed by atoms with Gasteiger partial charge in [-0.2, -0.15) is 0 Å². The van der Waals surface area contributed by atoms with Crippen LogP contribution in [0.1, 0.15) is 42.5 Å². The predicted octanol–water partition coefficient (Wildman–Crippen LogP) is 5.03. The molecule has 2 aromatic carbocycles. The molecule has 25 heavy (non-hydrogen) atoms. The highest BCUT2D eigenvalue weighted by atomic mass is 127. The molecule has 134 valence electrons. The quantitative estimate of drug-likeness (QED) is 0.470. The molecule has 0 saturated carbocycles. The molecule has 0 bridgehead atoms. The minimum absolute atomic E-state index is 0.450. The maximum absolute atomic E-state index is 5.26. The van der Waals surface area contributed by atoms with E-state index in [1.54, 1.807) is 7.11 Å². The van der Waals surface area contributed by atoms with Crippen LogP contribution in [0, 0.1) is 0 Å². The third kappa shape index (κ3) is 4.54. The Morgan fingerprint density at radius 3 is 2.48 bits per heavy atom. The van der Waals surface area contributed by atoms with Crippen LogP contribution < -0.4 is 4.74 Å². The number of halogens is 1. The van der Waals surface area contributed by atoms with Crippen molar-refractivity contribution in [2.45, 2.75) is 32.4 Å². The van der Waals surface area contributed by atoms with Crippen molar-refractivity contribution in [1.82, 2.24) is 8.01 Å². The van der Waals surface area contributed by atoms with Crippen LogP contribution in [0.3, 0.4) is 0 Å². The first-order valence-corrected chi connectivity index (χ1v) is 9.91. The van der Waals surface area contributed by atoms with Crippen molar-refractivity contribution in [2.24, 2.45) is 0 Å². The van der Waals surface area contributed by atoms with E-state index in [0.29, 0.717) is 12.0 Å². The lowest BCUT2D eigenvalue weighted by atomic mass is 9.92. The van der Waals surface area contributed by atoms with E-state index in [1.165, 1.54) is 16.7 Å². The van der Waals surface area contributed by atoms with E-state index in [4.69, 9.17) is 4.74 Å². The molecule has 1 atom stereocenters. The van der Waals surface area contributed by atoms with E-state index in [2.05, 4.69) is 93.3 Å². The Kier molecular flexibility index (Phi) is 6.36. The smallest absolute Gasteiger partial charge is 0.118 e. The van der Waals surface area contributed by atoms with Gasteiger partial charge in [0.2, 0.25) is 0 Å². The van der Waals surface area contributed by atoms with E-state index in [-0.39, 0.29) is 0 Å². The summed E-state index contributed by atoms with van der Waals surface area (Å²) in [6, 6.07) is 17.8. The van der Waals surface area contributed by atoms with Gasteiger partial charge in [-0.15, -0.1) is 0 Å². The average Bonchev–Trinajstić information content (AvgIpc) is 2.64. The van der Waals surface area contributed by atoms with E-state index in [9.17, 15) is 0 Å². The normalized spacial score (nSPS) is 19.3. The van der Waals surface area contributed by atoms with Gasteiger partial charge >= 0.3 is 0 Å². The van der Waals surface area contributed by atoms with Crippen LogP contribution >= 0.6 is 22.9 Å². The van der Waals surface area contributed by atoms with Crippen molar-refractivity contribution < 1.29 is 4.74 Å². The Morgan fingerprint density at radius 2 is 1.80 bits per heavy atom. The zero-order chi connectivity index (χ0) is 17.8. The molecule has 0 amide bonds. The molecule has 3 rings (SSSR count). The average molecular weight is 450 g/mol. The number of rotatable bonds is 5. The Morgan fingerprint density at radius 1 is 1.08 bits per heavy atom. The van der Waals surface area contributed by atoms with Gasteiger partial charge in [-0.3, -0.25) is 4.90 Å². The van der Waals surface area contributed by atoms with E-state index in [0.717, 1.165) is 31.9 Å². The van der Waals surface area contributed by atoms with Gasteiger partial charge in [-0.1, -0.05) is 50.2 Å². The molecule has 1 heterocycles. The third-order valence-corrected chi connectivity index (χ3v) is 6.10. The Hall–Kier alpha value is -1.11. The monoisotopic (exact) mass is 450 g/mol. The summed E-state index contributed by atoms with van der Waals surface area (Å²) < 4.78 is 7.74. The number of benzene rings is 2. The summed E-state index contributed by atoms with van der Waals surface area (Å²) in [5, 5.41) is 0. The lowest BCUT2D eigenvalue weighted by Gasteiger charge is -2.39. The van der Waals surface area contributed by atoms with Gasteiger partial charge in [0, 0.05) is 49.0 Å². The Balaban J connectivity index is 1.75. The van der Waals surface area contributed by atoms with Crippen LogP contribution in [0.5, 0.6) is 5.75 Å². The summed E-state index contributed by atoms with van der Waals surface area (Å²) in [6.07, 6.45) is 0. The summed E-state index contributed by atoms with van der Waals surface area (Å²) in [6.45, 7) is 8.83. The molecule has 0 radical (unpaired) electrons. The molecule has 1 fully saturated rings. The zero-order valence-corrected chi connectivity index (χ0v) is 17.4. The van der Waals surface area contributed by atoms with Crippen LogP contribution in [-0.4, -0.2) is 34.8 Å². The Labute approximate surface area is 165 Å². The van der Waals surface area contributed by atoms with Crippen LogP contribution in [0.4, 0.5) is 0 Å². The van der Waals surface area contributed by atoms with Gasteiger partial charge in [0.15, 0.2) is 0 Å². The molecule has 1 aliphatic heterocycles. The molecule has 0 aliphatic carbocycles. The van der Waals surface area contributed by atoms with Gasteiger partial charge in [-0.25, -0.2) is 3.11 Å². The molecule has 0 spiro atoms. The summed E-state index contributed by atoms with van der Waals surface area (Å²) in [5.74, 6) is 1.47. The minimum atomic E-state index is 0.450. The number of nitrogens with zero attached hydrogens (tertiary/aromatic N) is 2. The second kappa shape index (κ2) is 8.52. The lowest BCUT2D eigenvalue weighted by Crippen LogP contribution is -2.44. The first-order valence-electron chi connectivity index (χ1n) is 8.95. The predicted molar refractivity (Wildman–Crippen MR) is 112 cm³/mol. The van der Waals surface area contributed by atoms with Gasteiger partial charge in [-0.05, 0) is 34.7 Å². The van der Waals surface area contributed by atoms with Crippen molar-refractivity contribution in [3.8, 4) is 5.75 Å². The summed E-state index contributed by atoms with van der Waals surface area (Å²) in [7, 11) is 1.71. The number of piperazine rings is 1. The van der Waals surface area contributed by atoms with Crippen LogP contribution in [0.2, 0.25) is 0 Å². The summed E-state index contributed by atoms with van der Waals surface area (Å²) in [4.78, 5) is 2.57. The fourth-order valence-corrected chi connectivity index (χ4v) is 4.23. The molecule has 4 heteroatoms. The first-order chi connectivity index (χ1) is 12.1. The molecular weight excluding hydrogens is 423 g/mol. The van der Waals surface area contributed by atoms with Gasteiger partial charge in [0.05, 0.1) is 13.2 Å². The molecule has 0 aromatic heterocycles. The molecule has 1 aliphatic rings. The van der Waals surface area contributed by atoms with Crippen molar-refractivity contribution >= 4 is 22.9 Å². The Bertz CT molecular complexity index is 687. The highest BCUT2D eigenvalue weighted by Gasteiger charge is 2.28. The second-order valence-electron chi connectivity index (χ2n) is 7.01. The number of methoxy groups -OCH3 is 1. The van der Waals surface area contributed by atoms with Crippen LogP contribution in [0.25, 0.3) is 0 Å². The molecule has 1 saturated heterocycles. The maximum atomic E-state index is 5.26. The third-order valence-electron chi connectivity index (χ3n) is 4.94. The van der Waals surface area contributed by atoms with E-state index < -0.39 is 0 Å². The van der Waals surface area contributed by atoms with Crippen LogP contribution in [0.15, 0.2) is 48.5 Å². The summed E-state index contributed by atoms with van der Waals surface area (Å²) >= 11 is 2.50. The number of hydrogen-bond donors (Lipinski definition) is 0. The summed E-state index contributed by atoms with van der Waals surface area (Å²) in [5.41, 5.74) is 4.30. The number of ether oxygens (including phenoxy) is 1. The second-order valence-corrected chi connectivity index (χ2v) is 8.25. The van der Waals surface area contributed by atoms with Crippen molar-refractivity contribution in [3.63, 3.8) is 0 Å². The lowest BCUT2D eigenvalue weighted by molar-refractivity contribution is 0.148. The highest BCUT2D eigenvalue weighted by Crippen LogP contribution is 2.33. The van der Waals surface area contributed by atoms with Gasteiger partial charge in [0.1, 0.15) is 5.75 Å². The molecule has 3 nitrogen and oxygen atoms in total. The maximum Gasteiger partial charge on any atom is 0.118 e. The fourth-order valence-electron chi connectivity index (χ4n) is 3.54. The minimum Gasteiger partial charge on any atom is -0.497 e.